The summed E-state index contributed by atoms with van der Waals surface area (Å²) in [5.74, 6) is -3.71. The number of hydrogen-bond acceptors (Lipinski definition) is 5. The summed E-state index contributed by atoms with van der Waals surface area (Å²) in [4.78, 5) is 50.3. The highest BCUT2D eigenvalue weighted by Crippen LogP contribution is 2.55. The molecule has 9 heteroatoms. The van der Waals surface area contributed by atoms with Crippen molar-refractivity contribution in [2.24, 2.45) is 0 Å². The standard InChI is InChI=1S/C17H17FN2O5S/c1-8(21)17(19-12(22)9-4-6-10(18)7-5-9)14(25)20-11(13(23)24)16(2,3)26-15(17)20/h4-7,11,15H,1-3H3,(H,19,22)(H,23,24)/t11-,15+,17?/m0/s1. The van der Waals surface area contributed by atoms with Crippen molar-refractivity contribution >= 4 is 35.3 Å². The number of fused-ring (bicyclic) bond motifs is 1. The van der Waals surface area contributed by atoms with Crippen LogP contribution in [0.1, 0.15) is 31.1 Å². The summed E-state index contributed by atoms with van der Waals surface area (Å²) >= 11 is 1.16. The number of carbonyl (C=O) groups excluding carboxylic acids is 3. The molecule has 0 spiro atoms. The van der Waals surface area contributed by atoms with Crippen molar-refractivity contribution in [3.05, 3.63) is 35.6 Å². The molecule has 2 N–H and O–H groups in total. The van der Waals surface area contributed by atoms with Gasteiger partial charge < -0.3 is 15.3 Å². The van der Waals surface area contributed by atoms with E-state index in [1.807, 2.05) is 0 Å². The molecule has 0 aliphatic carbocycles. The molecule has 26 heavy (non-hydrogen) atoms. The lowest BCUT2D eigenvalue weighted by Crippen LogP contribution is -2.82. The number of β-lactam (4-membered cyclic amide) rings is 1. The molecular formula is C17H17FN2O5S. The van der Waals surface area contributed by atoms with E-state index in [1.54, 1.807) is 13.8 Å². The van der Waals surface area contributed by atoms with Crippen LogP contribution in [0.2, 0.25) is 0 Å². The lowest BCUT2D eigenvalue weighted by molar-refractivity contribution is -0.170. The molecule has 3 rings (SSSR count). The van der Waals surface area contributed by atoms with Crippen molar-refractivity contribution in [3.63, 3.8) is 0 Å². The minimum absolute atomic E-state index is 0.0929. The Morgan fingerprint density at radius 3 is 2.31 bits per heavy atom. The van der Waals surface area contributed by atoms with Crippen LogP contribution in [-0.2, 0) is 14.4 Å². The Bertz CT molecular complexity index is 825. The van der Waals surface area contributed by atoms with Crippen LogP contribution in [0.4, 0.5) is 4.39 Å². The van der Waals surface area contributed by atoms with Gasteiger partial charge >= 0.3 is 5.97 Å². The Labute approximate surface area is 152 Å². The van der Waals surface area contributed by atoms with Crippen LogP contribution in [0.3, 0.4) is 0 Å². The van der Waals surface area contributed by atoms with Gasteiger partial charge in [0.15, 0.2) is 5.78 Å². The van der Waals surface area contributed by atoms with Gasteiger partial charge in [0.05, 0.1) is 0 Å². The first-order valence-corrected chi connectivity index (χ1v) is 8.73. The number of carboxylic acids is 1. The van der Waals surface area contributed by atoms with E-state index in [1.165, 1.54) is 19.1 Å². The minimum Gasteiger partial charge on any atom is -0.480 e. The molecular weight excluding hydrogens is 363 g/mol. The fourth-order valence-corrected chi connectivity index (χ4v) is 5.19. The number of hydrogen-bond donors (Lipinski definition) is 2. The molecule has 138 valence electrons. The van der Waals surface area contributed by atoms with Crippen molar-refractivity contribution in [3.8, 4) is 0 Å². The van der Waals surface area contributed by atoms with Gasteiger partial charge in [-0.25, -0.2) is 9.18 Å². The fourth-order valence-electron chi connectivity index (χ4n) is 3.44. The molecule has 1 aromatic rings. The number of thioether (sulfide) groups is 1. The fraction of sp³-hybridized carbons (Fsp3) is 0.412. The summed E-state index contributed by atoms with van der Waals surface area (Å²) < 4.78 is 12.2. The van der Waals surface area contributed by atoms with E-state index in [-0.39, 0.29) is 5.56 Å². The molecule has 2 amide bonds. The van der Waals surface area contributed by atoms with E-state index in [2.05, 4.69) is 5.32 Å². The predicted molar refractivity (Wildman–Crippen MR) is 91.0 cm³/mol. The van der Waals surface area contributed by atoms with E-state index < -0.39 is 51.1 Å². The Morgan fingerprint density at radius 2 is 1.81 bits per heavy atom. The molecule has 0 radical (unpaired) electrons. The average molecular weight is 380 g/mol. The Hall–Kier alpha value is -2.42. The van der Waals surface area contributed by atoms with Gasteiger partial charge in [-0.15, -0.1) is 11.8 Å². The molecule has 3 atom stereocenters. The van der Waals surface area contributed by atoms with Gasteiger partial charge in [0, 0.05) is 10.3 Å². The number of benzene rings is 1. The molecule has 0 saturated carbocycles. The van der Waals surface area contributed by atoms with E-state index >= 15 is 0 Å². The molecule has 2 heterocycles. The van der Waals surface area contributed by atoms with Gasteiger partial charge in [-0.2, -0.15) is 0 Å². The lowest BCUT2D eigenvalue weighted by Gasteiger charge is -2.51. The van der Waals surface area contributed by atoms with Crippen molar-refractivity contribution in [1.82, 2.24) is 10.2 Å². The minimum atomic E-state index is -1.82. The predicted octanol–water partition coefficient (Wildman–Crippen LogP) is 1.03. The number of Topliss-reactive ketones (excluding diaryl/α,β-unsaturated/α-hetero) is 1. The number of aliphatic carboxylic acids is 1. The molecule has 2 saturated heterocycles. The average Bonchev–Trinajstić information content (AvgIpc) is 2.81. The van der Waals surface area contributed by atoms with Crippen LogP contribution in [-0.4, -0.2) is 55.3 Å². The highest BCUT2D eigenvalue weighted by Gasteiger charge is 2.74. The number of carboxylic acid groups (broad SMARTS) is 1. The van der Waals surface area contributed by atoms with Gasteiger partial charge in [0.2, 0.25) is 5.54 Å². The maximum Gasteiger partial charge on any atom is 0.327 e. The smallest absolute Gasteiger partial charge is 0.327 e. The monoisotopic (exact) mass is 380 g/mol. The number of amides is 2. The third-order valence-corrected chi connectivity index (χ3v) is 6.39. The number of rotatable bonds is 4. The van der Waals surface area contributed by atoms with Gasteiger partial charge in [-0.1, -0.05) is 0 Å². The van der Waals surface area contributed by atoms with E-state index in [4.69, 9.17) is 0 Å². The number of halogens is 1. The van der Waals surface area contributed by atoms with Gasteiger partial charge in [0.25, 0.3) is 11.8 Å². The van der Waals surface area contributed by atoms with Gasteiger partial charge in [0.1, 0.15) is 17.2 Å². The summed E-state index contributed by atoms with van der Waals surface area (Å²) in [5.41, 5.74) is -1.73. The zero-order valence-corrected chi connectivity index (χ0v) is 15.1. The van der Waals surface area contributed by atoms with Crippen molar-refractivity contribution in [2.45, 2.75) is 42.5 Å². The third kappa shape index (κ3) is 2.41. The Balaban J connectivity index is 1.94. The first-order chi connectivity index (χ1) is 12.0. The molecule has 0 bridgehead atoms. The van der Waals surface area contributed by atoms with Gasteiger partial charge in [-0.05, 0) is 45.0 Å². The maximum absolute atomic E-state index is 13.0. The van der Waals surface area contributed by atoms with Crippen molar-refractivity contribution in [1.29, 1.82) is 0 Å². The highest BCUT2D eigenvalue weighted by atomic mass is 32.2. The summed E-state index contributed by atoms with van der Waals surface area (Å²) in [5, 5.41) is 11.1. The van der Waals surface area contributed by atoms with E-state index in [0.717, 1.165) is 28.8 Å². The number of nitrogens with zero attached hydrogens (tertiary/aromatic N) is 1. The molecule has 0 aromatic heterocycles. The molecule has 2 aliphatic heterocycles. The molecule has 7 nitrogen and oxygen atoms in total. The molecule has 2 aliphatic rings. The number of ketones is 1. The summed E-state index contributed by atoms with van der Waals surface area (Å²) in [6, 6.07) is 3.58. The van der Waals surface area contributed by atoms with Crippen LogP contribution in [0.5, 0.6) is 0 Å². The summed E-state index contributed by atoms with van der Waals surface area (Å²) in [7, 11) is 0. The third-order valence-electron chi connectivity index (χ3n) is 4.75. The second-order valence-electron chi connectivity index (χ2n) is 6.85. The maximum atomic E-state index is 13.0. The van der Waals surface area contributed by atoms with Gasteiger partial charge in [-0.3, -0.25) is 14.4 Å². The van der Waals surface area contributed by atoms with E-state index in [0.29, 0.717) is 0 Å². The summed E-state index contributed by atoms with van der Waals surface area (Å²) in [6.07, 6.45) is 0. The zero-order valence-electron chi connectivity index (χ0n) is 14.3. The molecule has 1 aromatic carbocycles. The molecule has 2 fully saturated rings. The topological polar surface area (TPSA) is 104 Å². The van der Waals surface area contributed by atoms with Crippen LogP contribution in [0.15, 0.2) is 24.3 Å². The lowest BCUT2D eigenvalue weighted by atomic mass is 9.81. The molecule has 1 unspecified atom stereocenters. The van der Waals surface area contributed by atoms with Crippen LogP contribution < -0.4 is 5.32 Å². The highest BCUT2D eigenvalue weighted by molar-refractivity contribution is 8.01. The van der Waals surface area contributed by atoms with E-state index in [9.17, 15) is 28.7 Å². The normalized spacial score (nSPS) is 28.9. The Morgan fingerprint density at radius 1 is 1.23 bits per heavy atom. The largest absolute Gasteiger partial charge is 0.480 e. The number of nitrogens with one attached hydrogen (secondary N) is 1. The zero-order chi connectivity index (χ0) is 19.4. The number of carbonyl (C=O) groups is 4. The second-order valence-corrected chi connectivity index (χ2v) is 8.59. The SMILES string of the molecule is CC(=O)C1(NC(=O)c2ccc(F)cc2)C(=O)N2[C@@H](C(=O)O)C(C)(C)S[C@@H]21. The van der Waals surface area contributed by atoms with Crippen LogP contribution in [0.25, 0.3) is 0 Å². The quantitative estimate of drug-likeness (QED) is 0.597. The first kappa shape index (κ1) is 18.4. The van der Waals surface area contributed by atoms with Crippen molar-refractivity contribution in [2.75, 3.05) is 0 Å². The van der Waals surface area contributed by atoms with Crippen LogP contribution in [0, 0.1) is 5.82 Å². The summed E-state index contributed by atoms with van der Waals surface area (Å²) in [6.45, 7) is 4.53. The van der Waals surface area contributed by atoms with Crippen molar-refractivity contribution < 1.29 is 28.7 Å². The van der Waals surface area contributed by atoms with Crippen LogP contribution >= 0.6 is 11.8 Å². The Kier molecular flexibility index (Phi) is 4.10. The second kappa shape index (κ2) is 5.80. The first-order valence-electron chi connectivity index (χ1n) is 7.85.